The number of aryl methyl sites for hydroxylation is 1. The minimum Gasteiger partial charge on any atom is -0.378 e. The molecule has 0 saturated carbocycles. The number of morpholine rings is 1. The van der Waals surface area contributed by atoms with Crippen molar-refractivity contribution in [3.63, 3.8) is 0 Å². The van der Waals surface area contributed by atoms with Gasteiger partial charge in [-0.2, -0.15) is 0 Å². The van der Waals surface area contributed by atoms with Crippen molar-refractivity contribution >= 4 is 11.6 Å². The third-order valence-corrected chi connectivity index (χ3v) is 4.59. The molecule has 0 aromatic heterocycles. The zero-order valence-corrected chi connectivity index (χ0v) is 13.8. The number of nitrogens with zero attached hydrogens (tertiary/aromatic N) is 2. The van der Waals surface area contributed by atoms with Crippen molar-refractivity contribution < 1.29 is 18.3 Å². The molecule has 2 saturated heterocycles. The van der Waals surface area contributed by atoms with Crippen LogP contribution in [0.3, 0.4) is 0 Å². The number of halogens is 2. The van der Waals surface area contributed by atoms with Gasteiger partial charge in [0.1, 0.15) is 0 Å². The lowest BCUT2D eigenvalue weighted by Gasteiger charge is -2.34. The topological polar surface area (TPSA) is 44.8 Å². The van der Waals surface area contributed by atoms with E-state index in [1.165, 1.54) is 4.90 Å². The first kappa shape index (κ1) is 17.1. The predicted octanol–water partition coefficient (Wildman–Crippen LogP) is 1.51. The fourth-order valence-corrected chi connectivity index (χ4v) is 3.26. The SMILES string of the molecule is Cc1cc(C(=O)N2CCNC(C(F)F)C2)ccc1N1CCOCC1. The van der Waals surface area contributed by atoms with Gasteiger partial charge in [-0.1, -0.05) is 0 Å². The molecule has 5 nitrogen and oxygen atoms in total. The predicted molar refractivity (Wildman–Crippen MR) is 87.9 cm³/mol. The molecule has 1 aromatic rings. The number of carbonyl (C=O) groups excluding carboxylic acids is 1. The molecule has 132 valence electrons. The van der Waals surface area contributed by atoms with Crippen LogP contribution in [-0.2, 0) is 4.74 Å². The van der Waals surface area contributed by atoms with Gasteiger partial charge in [0.05, 0.1) is 19.3 Å². The molecule has 2 aliphatic rings. The summed E-state index contributed by atoms with van der Waals surface area (Å²) in [5.74, 6) is -0.182. The van der Waals surface area contributed by atoms with Gasteiger partial charge in [-0.25, -0.2) is 8.78 Å². The fourth-order valence-electron chi connectivity index (χ4n) is 3.26. The highest BCUT2D eigenvalue weighted by atomic mass is 19.3. The van der Waals surface area contributed by atoms with E-state index in [0.29, 0.717) is 31.9 Å². The Balaban J connectivity index is 1.72. The molecule has 1 atom stereocenters. The number of ether oxygens (including phenoxy) is 1. The zero-order valence-electron chi connectivity index (χ0n) is 13.8. The maximum Gasteiger partial charge on any atom is 0.255 e. The maximum atomic E-state index is 12.9. The number of hydrogen-bond donors (Lipinski definition) is 1. The van der Waals surface area contributed by atoms with Crippen LogP contribution in [0.5, 0.6) is 0 Å². The molecule has 7 heteroatoms. The van der Waals surface area contributed by atoms with Crippen LogP contribution in [0.4, 0.5) is 14.5 Å². The molecule has 1 amide bonds. The lowest BCUT2D eigenvalue weighted by atomic mass is 10.1. The van der Waals surface area contributed by atoms with Crippen molar-refractivity contribution in [2.24, 2.45) is 0 Å². The Kier molecular flexibility index (Phi) is 5.30. The molecule has 2 aliphatic heterocycles. The highest BCUT2D eigenvalue weighted by molar-refractivity contribution is 5.95. The van der Waals surface area contributed by atoms with Gasteiger partial charge in [-0.15, -0.1) is 0 Å². The monoisotopic (exact) mass is 339 g/mol. The Hall–Kier alpha value is -1.73. The summed E-state index contributed by atoms with van der Waals surface area (Å²) in [5, 5.41) is 2.76. The van der Waals surface area contributed by atoms with Gasteiger partial charge in [0.25, 0.3) is 12.3 Å². The summed E-state index contributed by atoms with van der Waals surface area (Å²) < 4.78 is 31.1. The van der Waals surface area contributed by atoms with Crippen LogP contribution in [0, 0.1) is 6.92 Å². The Bertz CT molecular complexity index is 591. The molecule has 0 bridgehead atoms. The number of rotatable bonds is 3. The standard InChI is InChI=1S/C17H23F2N3O2/c1-12-10-13(2-3-15(12)21-6-8-24-9-7-21)17(23)22-5-4-20-14(11-22)16(18)19/h2-3,10,14,16,20H,4-9,11H2,1H3. The summed E-state index contributed by atoms with van der Waals surface area (Å²) in [7, 11) is 0. The van der Waals surface area contributed by atoms with Gasteiger partial charge >= 0.3 is 0 Å². The number of hydrogen-bond acceptors (Lipinski definition) is 4. The second kappa shape index (κ2) is 7.44. The highest BCUT2D eigenvalue weighted by Gasteiger charge is 2.29. The van der Waals surface area contributed by atoms with E-state index in [9.17, 15) is 13.6 Å². The van der Waals surface area contributed by atoms with Crippen molar-refractivity contribution in [1.82, 2.24) is 10.2 Å². The van der Waals surface area contributed by atoms with Crippen molar-refractivity contribution in [3.8, 4) is 0 Å². The smallest absolute Gasteiger partial charge is 0.255 e. The van der Waals surface area contributed by atoms with Crippen molar-refractivity contribution in [1.29, 1.82) is 0 Å². The zero-order chi connectivity index (χ0) is 17.1. The molecule has 2 heterocycles. The van der Waals surface area contributed by atoms with Crippen LogP contribution >= 0.6 is 0 Å². The average molecular weight is 339 g/mol. The van der Waals surface area contributed by atoms with Crippen molar-refractivity contribution in [2.75, 3.05) is 50.8 Å². The maximum absolute atomic E-state index is 12.9. The van der Waals surface area contributed by atoms with Crippen molar-refractivity contribution in [2.45, 2.75) is 19.4 Å². The Morgan fingerprint density at radius 3 is 2.71 bits per heavy atom. The molecular weight excluding hydrogens is 316 g/mol. The molecule has 0 spiro atoms. The van der Waals surface area contributed by atoms with Gasteiger partial charge in [0, 0.05) is 44.0 Å². The molecule has 2 fully saturated rings. The van der Waals surface area contributed by atoms with E-state index in [4.69, 9.17) is 4.74 Å². The molecule has 1 N–H and O–H groups in total. The van der Waals surface area contributed by atoms with E-state index in [1.54, 1.807) is 6.07 Å². The number of nitrogens with one attached hydrogen (secondary N) is 1. The second-order valence-electron chi connectivity index (χ2n) is 6.25. The summed E-state index contributed by atoms with van der Waals surface area (Å²) in [4.78, 5) is 16.4. The molecule has 0 aliphatic carbocycles. The third kappa shape index (κ3) is 3.67. The summed E-state index contributed by atoms with van der Waals surface area (Å²) in [6.45, 7) is 5.94. The molecular formula is C17H23F2N3O2. The Morgan fingerprint density at radius 1 is 1.29 bits per heavy atom. The molecule has 0 radical (unpaired) electrons. The first-order chi connectivity index (χ1) is 11.6. The van der Waals surface area contributed by atoms with Gasteiger partial charge < -0.3 is 19.9 Å². The van der Waals surface area contributed by atoms with Gasteiger partial charge in [0.2, 0.25) is 0 Å². The van der Waals surface area contributed by atoms with Gasteiger partial charge in [-0.05, 0) is 30.7 Å². The largest absolute Gasteiger partial charge is 0.378 e. The van der Waals surface area contributed by atoms with Crippen LogP contribution in [0.1, 0.15) is 15.9 Å². The normalized spacial score (nSPS) is 22.1. The van der Waals surface area contributed by atoms with Crippen LogP contribution in [0.15, 0.2) is 18.2 Å². The van der Waals surface area contributed by atoms with E-state index in [2.05, 4.69) is 10.2 Å². The number of amides is 1. The van der Waals surface area contributed by atoms with E-state index in [1.807, 2.05) is 19.1 Å². The minimum atomic E-state index is -2.47. The molecule has 1 unspecified atom stereocenters. The number of alkyl halides is 2. The third-order valence-electron chi connectivity index (χ3n) is 4.59. The lowest BCUT2D eigenvalue weighted by molar-refractivity contribution is 0.0452. The van der Waals surface area contributed by atoms with Crippen LogP contribution in [0.2, 0.25) is 0 Å². The van der Waals surface area contributed by atoms with E-state index < -0.39 is 12.5 Å². The van der Waals surface area contributed by atoms with Crippen LogP contribution < -0.4 is 10.2 Å². The summed E-state index contributed by atoms with van der Waals surface area (Å²) in [6.07, 6.45) is -2.47. The lowest BCUT2D eigenvalue weighted by Crippen LogP contribution is -2.55. The van der Waals surface area contributed by atoms with E-state index in [-0.39, 0.29) is 12.5 Å². The molecule has 3 rings (SSSR count). The van der Waals surface area contributed by atoms with Crippen molar-refractivity contribution in [3.05, 3.63) is 29.3 Å². The summed E-state index contributed by atoms with van der Waals surface area (Å²) in [5.41, 5.74) is 2.67. The van der Waals surface area contributed by atoms with E-state index >= 15 is 0 Å². The van der Waals surface area contributed by atoms with Gasteiger partial charge in [0.15, 0.2) is 0 Å². The number of carbonyl (C=O) groups is 1. The number of anilines is 1. The van der Waals surface area contributed by atoms with E-state index in [0.717, 1.165) is 24.3 Å². The van der Waals surface area contributed by atoms with Gasteiger partial charge in [-0.3, -0.25) is 4.79 Å². The van der Waals surface area contributed by atoms with Crippen LogP contribution in [0.25, 0.3) is 0 Å². The first-order valence-corrected chi connectivity index (χ1v) is 8.30. The summed E-state index contributed by atoms with van der Waals surface area (Å²) in [6, 6.07) is 4.64. The van der Waals surface area contributed by atoms with Crippen LogP contribution in [-0.4, -0.2) is 69.2 Å². The molecule has 1 aromatic carbocycles. The number of piperazine rings is 1. The fraction of sp³-hybridized carbons (Fsp3) is 0.588. The Labute approximate surface area is 140 Å². The average Bonchev–Trinajstić information content (AvgIpc) is 2.62. The molecule has 24 heavy (non-hydrogen) atoms. The highest BCUT2D eigenvalue weighted by Crippen LogP contribution is 2.23. The minimum absolute atomic E-state index is 0.0424. The number of benzene rings is 1. The Morgan fingerprint density at radius 2 is 2.04 bits per heavy atom. The second-order valence-corrected chi connectivity index (χ2v) is 6.25. The quantitative estimate of drug-likeness (QED) is 0.907. The first-order valence-electron chi connectivity index (χ1n) is 8.30. The summed E-state index contributed by atoms with van der Waals surface area (Å²) >= 11 is 0.